The van der Waals surface area contributed by atoms with E-state index in [0.29, 0.717) is 29.7 Å². The fourth-order valence-corrected chi connectivity index (χ4v) is 4.25. The van der Waals surface area contributed by atoms with Gasteiger partial charge >= 0.3 is 6.09 Å². The highest BCUT2D eigenvalue weighted by Crippen LogP contribution is 2.41. The molecule has 174 valence electrons. The average molecular weight is 450 g/mol. The van der Waals surface area contributed by atoms with Gasteiger partial charge in [0.15, 0.2) is 5.82 Å². The Kier molecular flexibility index (Phi) is 6.42. The molecule has 1 N–H and O–H groups in total. The Morgan fingerprint density at radius 2 is 2.09 bits per heavy atom. The SMILES string of the molecule is CCCCc1nc2c(N=[N+]=[N-])nc3ccccc3c2n1CC1CC1CNC(=O)OC(C)(C)C. The second kappa shape index (κ2) is 9.27. The van der Waals surface area contributed by atoms with Gasteiger partial charge < -0.3 is 14.6 Å². The van der Waals surface area contributed by atoms with Crippen molar-refractivity contribution in [3.05, 3.63) is 40.5 Å². The molecule has 2 atom stereocenters. The molecule has 2 heterocycles. The molecule has 33 heavy (non-hydrogen) atoms. The first-order valence-electron chi connectivity index (χ1n) is 11.6. The smallest absolute Gasteiger partial charge is 0.407 e. The molecule has 1 aliphatic rings. The number of nitrogens with one attached hydrogen (secondary N) is 1. The quantitative estimate of drug-likeness (QED) is 0.256. The average Bonchev–Trinajstić information content (AvgIpc) is 3.40. The zero-order valence-electron chi connectivity index (χ0n) is 19.7. The number of unbranched alkanes of at least 4 members (excludes halogenated alkanes) is 1. The molecular weight excluding hydrogens is 418 g/mol. The molecule has 9 nitrogen and oxygen atoms in total. The third-order valence-electron chi connectivity index (χ3n) is 5.93. The summed E-state index contributed by atoms with van der Waals surface area (Å²) in [5.41, 5.74) is 11.0. The molecule has 1 fully saturated rings. The van der Waals surface area contributed by atoms with E-state index in [1.807, 2.05) is 45.0 Å². The third kappa shape index (κ3) is 5.20. The van der Waals surface area contributed by atoms with Gasteiger partial charge in [0, 0.05) is 29.8 Å². The van der Waals surface area contributed by atoms with E-state index in [1.165, 1.54) is 0 Å². The number of aryl methyl sites for hydroxylation is 1. The minimum absolute atomic E-state index is 0.321. The fraction of sp³-hybridized carbons (Fsp3) is 0.542. The Morgan fingerprint density at radius 1 is 1.30 bits per heavy atom. The molecule has 9 heteroatoms. The highest BCUT2D eigenvalue weighted by atomic mass is 16.6. The Balaban J connectivity index is 1.63. The maximum absolute atomic E-state index is 12.0. The summed E-state index contributed by atoms with van der Waals surface area (Å²) in [6.45, 7) is 9.15. The molecule has 1 saturated carbocycles. The standard InChI is InChI=1S/C24H31N7O2/c1-5-6-11-19-28-20-21(17-9-7-8-10-18(17)27-22(20)29-30-25)31(19)14-16-12-15(16)13-26-23(32)33-24(2,3)4/h7-10,15-16H,5-6,11-14H2,1-4H3,(H,26,32). The Labute approximate surface area is 193 Å². The number of amides is 1. The number of rotatable bonds is 8. The van der Waals surface area contributed by atoms with Crippen LogP contribution in [0.25, 0.3) is 32.4 Å². The number of imidazole rings is 1. The number of hydrogen-bond donors (Lipinski definition) is 1. The van der Waals surface area contributed by atoms with Gasteiger partial charge in [0.2, 0.25) is 0 Å². The van der Waals surface area contributed by atoms with Gasteiger partial charge in [-0.3, -0.25) is 0 Å². The van der Waals surface area contributed by atoms with Crippen molar-refractivity contribution in [3.63, 3.8) is 0 Å². The summed E-state index contributed by atoms with van der Waals surface area (Å²) in [7, 11) is 0. The van der Waals surface area contributed by atoms with Crippen LogP contribution in [0.2, 0.25) is 0 Å². The lowest BCUT2D eigenvalue weighted by Gasteiger charge is -2.19. The molecule has 0 saturated heterocycles. The van der Waals surface area contributed by atoms with Gasteiger partial charge in [-0.15, -0.1) is 0 Å². The van der Waals surface area contributed by atoms with Crippen LogP contribution in [0.4, 0.5) is 10.6 Å². The number of aromatic nitrogens is 3. The molecule has 1 aromatic carbocycles. The largest absolute Gasteiger partial charge is 0.444 e. The lowest BCUT2D eigenvalue weighted by molar-refractivity contribution is 0.0524. The lowest BCUT2D eigenvalue weighted by Crippen LogP contribution is -2.33. The number of alkyl carbamates (subject to hydrolysis) is 1. The predicted molar refractivity (Wildman–Crippen MR) is 128 cm³/mol. The molecule has 4 rings (SSSR count). The zero-order valence-corrected chi connectivity index (χ0v) is 19.7. The normalized spacial score (nSPS) is 17.7. The van der Waals surface area contributed by atoms with Crippen LogP contribution in [-0.4, -0.2) is 32.8 Å². The molecule has 0 radical (unpaired) electrons. The molecule has 1 aliphatic carbocycles. The number of pyridine rings is 1. The summed E-state index contributed by atoms with van der Waals surface area (Å²) in [6, 6.07) is 7.89. The van der Waals surface area contributed by atoms with E-state index in [2.05, 4.69) is 31.8 Å². The highest BCUT2D eigenvalue weighted by molar-refractivity contribution is 6.06. The maximum Gasteiger partial charge on any atom is 0.407 e. The first-order chi connectivity index (χ1) is 15.8. The van der Waals surface area contributed by atoms with Crippen molar-refractivity contribution in [2.45, 2.75) is 65.5 Å². The predicted octanol–water partition coefficient (Wildman–Crippen LogP) is 6.03. The van der Waals surface area contributed by atoms with Crippen molar-refractivity contribution in [3.8, 4) is 0 Å². The van der Waals surface area contributed by atoms with Gasteiger partial charge in [0.1, 0.15) is 16.9 Å². The summed E-state index contributed by atoms with van der Waals surface area (Å²) in [5.74, 6) is 2.15. The van der Waals surface area contributed by atoms with Gasteiger partial charge in [-0.25, -0.2) is 14.8 Å². The lowest BCUT2D eigenvalue weighted by atomic mass is 10.1. The van der Waals surface area contributed by atoms with Crippen LogP contribution in [0.5, 0.6) is 0 Å². The second-order valence-corrected chi connectivity index (χ2v) is 9.72. The number of fused-ring (bicyclic) bond motifs is 3. The zero-order chi connectivity index (χ0) is 23.6. The Hall–Kier alpha value is -3.32. The van der Waals surface area contributed by atoms with Gasteiger partial charge in [-0.2, -0.15) is 0 Å². The molecular formula is C24H31N7O2. The van der Waals surface area contributed by atoms with E-state index >= 15 is 0 Å². The Morgan fingerprint density at radius 3 is 2.82 bits per heavy atom. The van der Waals surface area contributed by atoms with Crippen LogP contribution >= 0.6 is 0 Å². The van der Waals surface area contributed by atoms with Gasteiger partial charge in [-0.1, -0.05) is 31.5 Å². The first kappa shape index (κ1) is 22.9. The maximum atomic E-state index is 12.0. The highest BCUT2D eigenvalue weighted by Gasteiger charge is 2.38. The molecule has 1 amide bonds. The van der Waals surface area contributed by atoms with E-state index < -0.39 is 5.60 Å². The number of para-hydroxylation sites is 1. The third-order valence-corrected chi connectivity index (χ3v) is 5.93. The van der Waals surface area contributed by atoms with Crippen LogP contribution < -0.4 is 5.32 Å². The van der Waals surface area contributed by atoms with E-state index in [1.54, 1.807) is 0 Å². The van der Waals surface area contributed by atoms with Crippen LogP contribution in [0, 0.1) is 11.8 Å². The minimum Gasteiger partial charge on any atom is -0.444 e. The number of ether oxygens (including phenoxy) is 1. The van der Waals surface area contributed by atoms with Crippen molar-refractivity contribution in [1.29, 1.82) is 0 Å². The van der Waals surface area contributed by atoms with Crippen LogP contribution in [0.3, 0.4) is 0 Å². The van der Waals surface area contributed by atoms with Crippen LogP contribution in [0.15, 0.2) is 29.4 Å². The van der Waals surface area contributed by atoms with Gasteiger partial charge in [-0.05, 0) is 62.2 Å². The summed E-state index contributed by atoms with van der Waals surface area (Å²) in [6.07, 6.45) is 3.61. The van der Waals surface area contributed by atoms with E-state index in [4.69, 9.17) is 15.3 Å². The molecule has 0 aliphatic heterocycles. The molecule has 2 unspecified atom stereocenters. The van der Waals surface area contributed by atoms with E-state index in [-0.39, 0.29) is 6.09 Å². The number of carbonyl (C=O) groups is 1. The summed E-state index contributed by atoms with van der Waals surface area (Å²) in [5, 5.41) is 7.74. The number of azide groups is 1. The number of carbonyl (C=O) groups excluding carboxylic acids is 1. The van der Waals surface area contributed by atoms with Crippen LogP contribution in [-0.2, 0) is 17.7 Å². The molecule has 3 aromatic rings. The first-order valence-corrected chi connectivity index (χ1v) is 11.6. The fourth-order valence-electron chi connectivity index (χ4n) is 4.25. The molecule has 0 spiro atoms. The Bertz CT molecular complexity index is 1220. The molecule has 2 aromatic heterocycles. The number of hydrogen-bond acceptors (Lipinski definition) is 5. The summed E-state index contributed by atoms with van der Waals surface area (Å²) < 4.78 is 7.63. The van der Waals surface area contributed by atoms with E-state index in [0.717, 1.165) is 54.5 Å². The van der Waals surface area contributed by atoms with Crippen molar-refractivity contribution in [2.75, 3.05) is 6.54 Å². The van der Waals surface area contributed by atoms with Gasteiger partial charge in [0.25, 0.3) is 0 Å². The van der Waals surface area contributed by atoms with Crippen molar-refractivity contribution in [1.82, 2.24) is 19.9 Å². The minimum atomic E-state index is -0.504. The van der Waals surface area contributed by atoms with Crippen molar-refractivity contribution < 1.29 is 9.53 Å². The van der Waals surface area contributed by atoms with Crippen LogP contribution in [0.1, 0.15) is 52.8 Å². The van der Waals surface area contributed by atoms with Gasteiger partial charge in [0.05, 0.1) is 11.0 Å². The topological polar surface area (TPSA) is 118 Å². The van der Waals surface area contributed by atoms with Crippen molar-refractivity contribution >= 4 is 33.8 Å². The summed E-state index contributed by atoms with van der Waals surface area (Å²) >= 11 is 0. The molecule has 0 bridgehead atoms. The number of nitrogens with zero attached hydrogens (tertiary/aromatic N) is 6. The van der Waals surface area contributed by atoms with Crippen molar-refractivity contribution in [2.24, 2.45) is 17.0 Å². The second-order valence-electron chi connectivity index (χ2n) is 9.72. The monoisotopic (exact) mass is 449 g/mol. The summed E-state index contributed by atoms with van der Waals surface area (Å²) in [4.78, 5) is 24.4. The number of benzene rings is 1. The van der Waals surface area contributed by atoms with E-state index in [9.17, 15) is 4.79 Å².